The molecular weight excluding hydrogens is 227 g/mol. The summed E-state index contributed by atoms with van der Waals surface area (Å²) in [6, 6.07) is 17.5. The van der Waals surface area contributed by atoms with Crippen molar-refractivity contribution in [1.82, 2.24) is 0 Å². The maximum atomic E-state index is 12.9. The van der Waals surface area contributed by atoms with E-state index in [9.17, 15) is 9.50 Å². The standard InChI is InChI=1S/C16H11FO/c17-13-7-5-11(6-8-13)16-10-14(18)9-12-3-1-2-4-15(12)16/h1-10,18H. The van der Waals surface area contributed by atoms with Crippen molar-refractivity contribution in [2.24, 2.45) is 0 Å². The molecule has 88 valence electrons. The van der Waals surface area contributed by atoms with Crippen LogP contribution in [0, 0.1) is 5.82 Å². The molecule has 1 N–H and O–H groups in total. The highest BCUT2D eigenvalue weighted by Gasteiger charge is 2.05. The maximum absolute atomic E-state index is 12.9. The highest BCUT2D eigenvalue weighted by atomic mass is 19.1. The normalized spacial score (nSPS) is 10.7. The Morgan fingerprint density at radius 3 is 2.33 bits per heavy atom. The summed E-state index contributed by atoms with van der Waals surface area (Å²) in [6.07, 6.45) is 0. The number of fused-ring (bicyclic) bond motifs is 1. The molecule has 3 rings (SSSR count). The van der Waals surface area contributed by atoms with Gasteiger partial charge in [-0.3, -0.25) is 0 Å². The van der Waals surface area contributed by atoms with Crippen molar-refractivity contribution >= 4 is 10.8 Å². The van der Waals surface area contributed by atoms with E-state index in [1.807, 2.05) is 24.3 Å². The van der Waals surface area contributed by atoms with E-state index in [2.05, 4.69) is 0 Å². The van der Waals surface area contributed by atoms with Crippen molar-refractivity contribution < 1.29 is 9.50 Å². The van der Waals surface area contributed by atoms with Gasteiger partial charge in [-0.1, -0.05) is 36.4 Å². The Balaban J connectivity index is 2.31. The first-order valence-electron chi connectivity index (χ1n) is 5.72. The van der Waals surface area contributed by atoms with Crippen LogP contribution in [0.2, 0.25) is 0 Å². The zero-order valence-corrected chi connectivity index (χ0v) is 9.60. The summed E-state index contributed by atoms with van der Waals surface area (Å²) in [4.78, 5) is 0. The van der Waals surface area contributed by atoms with E-state index in [0.29, 0.717) is 0 Å². The summed E-state index contributed by atoms with van der Waals surface area (Å²) in [7, 11) is 0. The predicted octanol–water partition coefficient (Wildman–Crippen LogP) is 4.35. The van der Waals surface area contributed by atoms with Crippen molar-refractivity contribution in [1.29, 1.82) is 0 Å². The second kappa shape index (κ2) is 4.15. The third kappa shape index (κ3) is 1.82. The molecule has 0 radical (unpaired) electrons. The van der Waals surface area contributed by atoms with Gasteiger partial charge >= 0.3 is 0 Å². The molecule has 0 aliphatic carbocycles. The Morgan fingerprint density at radius 2 is 1.56 bits per heavy atom. The monoisotopic (exact) mass is 238 g/mol. The first kappa shape index (κ1) is 10.8. The molecule has 0 unspecified atom stereocenters. The van der Waals surface area contributed by atoms with Crippen molar-refractivity contribution in [2.75, 3.05) is 0 Å². The predicted molar refractivity (Wildman–Crippen MR) is 71.0 cm³/mol. The van der Waals surface area contributed by atoms with Crippen molar-refractivity contribution in [3.05, 3.63) is 66.5 Å². The van der Waals surface area contributed by atoms with Crippen molar-refractivity contribution in [2.45, 2.75) is 0 Å². The lowest BCUT2D eigenvalue weighted by atomic mass is 9.98. The molecule has 0 saturated heterocycles. The Kier molecular flexibility index (Phi) is 2.49. The lowest BCUT2D eigenvalue weighted by molar-refractivity contribution is 0.476. The summed E-state index contributed by atoms with van der Waals surface area (Å²) in [6.45, 7) is 0. The molecular formula is C16H11FO. The average Bonchev–Trinajstić information content (AvgIpc) is 2.38. The lowest BCUT2D eigenvalue weighted by Crippen LogP contribution is -1.82. The largest absolute Gasteiger partial charge is 0.508 e. The molecule has 18 heavy (non-hydrogen) atoms. The van der Waals surface area contributed by atoms with Gasteiger partial charge in [0.25, 0.3) is 0 Å². The van der Waals surface area contributed by atoms with Gasteiger partial charge in [-0.05, 0) is 46.2 Å². The minimum Gasteiger partial charge on any atom is -0.508 e. The number of benzene rings is 3. The van der Waals surface area contributed by atoms with E-state index in [1.54, 1.807) is 24.3 Å². The van der Waals surface area contributed by atoms with Crippen LogP contribution < -0.4 is 0 Å². The van der Waals surface area contributed by atoms with Gasteiger partial charge < -0.3 is 5.11 Å². The smallest absolute Gasteiger partial charge is 0.123 e. The van der Waals surface area contributed by atoms with Gasteiger partial charge in [-0.25, -0.2) is 4.39 Å². The minimum atomic E-state index is -0.261. The number of hydrogen-bond acceptors (Lipinski definition) is 1. The molecule has 0 heterocycles. The molecule has 0 saturated carbocycles. The number of halogens is 1. The van der Waals surface area contributed by atoms with E-state index in [4.69, 9.17) is 0 Å². The first-order chi connectivity index (χ1) is 8.74. The Morgan fingerprint density at radius 1 is 0.833 bits per heavy atom. The third-order valence-electron chi connectivity index (χ3n) is 3.00. The van der Waals surface area contributed by atoms with Crippen LogP contribution in [0.1, 0.15) is 0 Å². The maximum Gasteiger partial charge on any atom is 0.123 e. The third-order valence-corrected chi connectivity index (χ3v) is 3.00. The first-order valence-corrected chi connectivity index (χ1v) is 5.72. The molecule has 3 aromatic rings. The van der Waals surface area contributed by atoms with Gasteiger partial charge in [0.15, 0.2) is 0 Å². The van der Waals surface area contributed by atoms with Gasteiger partial charge in [0.05, 0.1) is 0 Å². The quantitative estimate of drug-likeness (QED) is 0.668. The Labute approximate surface area is 104 Å². The molecule has 0 amide bonds. The van der Waals surface area contributed by atoms with Crippen LogP contribution in [0.15, 0.2) is 60.7 Å². The molecule has 0 aliphatic heterocycles. The van der Waals surface area contributed by atoms with Crippen LogP contribution >= 0.6 is 0 Å². The fourth-order valence-corrected chi connectivity index (χ4v) is 2.16. The van der Waals surface area contributed by atoms with E-state index in [0.717, 1.165) is 21.9 Å². The summed E-state index contributed by atoms with van der Waals surface area (Å²) >= 11 is 0. The zero-order valence-electron chi connectivity index (χ0n) is 9.60. The number of phenols is 1. The molecule has 0 aromatic heterocycles. The lowest BCUT2D eigenvalue weighted by Gasteiger charge is -2.08. The Bertz CT molecular complexity index is 702. The van der Waals surface area contributed by atoms with Crippen LogP contribution in [0.5, 0.6) is 5.75 Å². The molecule has 0 aliphatic rings. The molecule has 0 atom stereocenters. The van der Waals surface area contributed by atoms with Crippen LogP contribution in [-0.4, -0.2) is 5.11 Å². The van der Waals surface area contributed by atoms with E-state index >= 15 is 0 Å². The van der Waals surface area contributed by atoms with Gasteiger partial charge in [0, 0.05) is 0 Å². The summed E-state index contributed by atoms with van der Waals surface area (Å²) in [5.41, 5.74) is 1.80. The fraction of sp³-hybridized carbons (Fsp3) is 0. The van der Waals surface area contributed by atoms with Gasteiger partial charge in [-0.15, -0.1) is 0 Å². The molecule has 2 heteroatoms. The molecule has 1 nitrogen and oxygen atoms in total. The van der Waals surface area contributed by atoms with E-state index in [-0.39, 0.29) is 11.6 Å². The highest BCUT2D eigenvalue weighted by Crippen LogP contribution is 2.32. The van der Waals surface area contributed by atoms with Gasteiger partial charge in [0.1, 0.15) is 11.6 Å². The van der Waals surface area contributed by atoms with Crippen LogP contribution in [0.3, 0.4) is 0 Å². The zero-order chi connectivity index (χ0) is 12.5. The van der Waals surface area contributed by atoms with E-state index < -0.39 is 0 Å². The average molecular weight is 238 g/mol. The highest BCUT2D eigenvalue weighted by molar-refractivity contribution is 5.97. The number of rotatable bonds is 1. The summed E-state index contributed by atoms with van der Waals surface area (Å²) < 4.78 is 12.9. The summed E-state index contributed by atoms with van der Waals surface area (Å²) in [5, 5.41) is 11.8. The summed E-state index contributed by atoms with van der Waals surface area (Å²) in [5.74, 6) is -0.0452. The Hall–Kier alpha value is -2.35. The van der Waals surface area contributed by atoms with Crippen LogP contribution in [0.4, 0.5) is 4.39 Å². The van der Waals surface area contributed by atoms with Gasteiger partial charge in [-0.2, -0.15) is 0 Å². The second-order valence-electron chi connectivity index (χ2n) is 4.22. The van der Waals surface area contributed by atoms with Crippen molar-refractivity contribution in [3.8, 4) is 16.9 Å². The number of hydrogen-bond donors (Lipinski definition) is 1. The SMILES string of the molecule is Oc1cc(-c2ccc(F)cc2)c2ccccc2c1. The van der Waals surface area contributed by atoms with Crippen LogP contribution in [0.25, 0.3) is 21.9 Å². The molecule has 0 fully saturated rings. The second-order valence-corrected chi connectivity index (χ2v) is 4.22. The van der Waals surface area contributed by atoms with Crippen LogP contribution in [-0.2, 0) is 0 Å². The topological polar surface area (TPSA) is 20.2 Å². The fourth-order valence-electron chi connectivity index (χ4n) is 2.16. The van der Waals surface area contributed by atoms with Gasteiger partial charge in [0.2, 0.25) is 0 Å². The molecule has 3 aromatic carbocycles. The molecule has 0 spiro atoms. The van der Waals surface area contributed by atoms with E-state index in [1.165, 1.54) is 12.1 Å². The number of aromatic hydroxyl groups is 1. The minimum absolute atomic E-state index is 0.216. The molecule has 0 bridgehead atoms. The van der Waals surface area contributed by atoms with Crippen molar-refractivity contribution in [3.63, 3.8) is 0 Å². The number of phenolic OH excluding ortho intramolecular Hbond substituents is 1.